The first kappa shape index (κ1) is 67.1. The standard InChI is InChI=1S/C10H14.4C8H8F2.2C8H9F.C8H10/c1-4-10-7-8(2)5-6-9(10)3;1-5-3-8(10)6(2)4-7(5)9;2*1-5-3-7(9)6(2)8(10)4-5;1-5-3-4-6(2)8(10)7(5)9;2*1-6-3-4-7(2)8(9)5-6;1-7-3-5-8(2)6-4-7/h5-7H,4H2,1-3H3;4*3-4H,1-2H3;2*3-5H,1-2H3;3-6H,1-2H3. The molecule has 0 nitrogen and oxygen atoms in total. The Morgan fingerprint density at radius 1 is 0.224 bits per heavy atom. The van der Waals surface area contributed by atoms with Crippen molar-refractivity contribution in [1.29, 1.82) is 0 Å². The van der Waals surface area contributed by atoms with Gasteiger partial charge in [-0.3, -0.25) is 0 Å². The molecule has 76 heavy (non-hydrogen) atoms. The third kappa shape index (κ3) is 24.6. The average molecular weight is 1060 g/mol. The first-order valence-corrected chi connectivity index (χ1v) is 24.6. The normalized spacial score (nSPS) is 9.83. The van der Waals surface area contributed by atoms with Gasteiger partial charge in [0.05, 0.1) is 0 Å². The molecule has 0 aliphatic rings. The largest absolute Gasteiger partial charge is 0.207 e. The molecular formula is C66H74F10. The van der Waals surface area contributed by atoms with Gasteiger partial charge in [-0.1, -0.05) is 102 Å². The van der Waals surface area contributed by atoms with Gasteiger partial charge < -0.3 is 0 Å². The second kappa shape index (κ2) is 33.2. The SMILES string of the molecule is CCc1cc(C)ccc1C.Cc1cc(F)c(C)c(F)c1.Cc1cc(F)c(C)c(F)c1.Cc1cc(F)c(C)cc1F.Cc1ccc(C)c(F)c1.Cc1ccc(C)c(F)c1.Cc1ccc(C)c(F)c1F.Cc1ccc(C)cc1. The van der Waals surface area contributed by atoms with Gasteiger partial charge in [-0.25, -0.2) is 43.9 Å². The predicted molar refractivity (Wildman–Crippen MR) is 296 cm³/mol. The lowest BCUT2D eigenvalue weighted by molar-refractivity contribution is 0.497. The van der Waals surface area contributed by atoms with Gasteiger partial charge in [0.1, 0.15) is 46.5 Å². The van der Waals surface area contributed by atoms with Crippen LogP contribution in [-0.4, -0.2) is 0 Å². The van der Waals surface area contributed by atoms with Crippen LogP contribution in [0.2, 0.25) is 0 Å². The highest BCUT2D eigenvalue weighted by Crippen LogP contribution is 2.17. The topological polar surface area (TPSA) is 0 Å². The van der Waals surface area contributed by atoms with Crippen LogP contribution in [0.25, 0.3) is 0 Å². The molecule has 0 saturated heterocycles. The van der Waals surface area contributed by atoms with Gasteiger partial charge in [-0.05, 0) is 232 Å². The molecule has 8 aromatic carbocycles. The minimum absolute atomic E-state index is 0.0885. The molecule has 0 heterocycles. The Hall–Kier alpha value is -6.94. The van der Waals surface area contributed by atoms with E-state index >= 15 is 0 Å². The quantitative estimate of drug-likeness (QED) is 0.144. The van der Waals surface area contributed by atoms with Gasteiger partial charge in [-0.2, -0.15) is 0 Å². The lowest BCUT2D eigenvalue weighted by Crippen LogP contribution is -1.91. The van der Waals surface area contributed by atoms with Crippen LogP contribution in [0.15, 0.2) is 127 Å². The Bertz CT molecular complexity index is 2830. The maximum Gasteiger partial charge on any atom is 0.161 e. The maximum absolute atomic E-state index is 12.6. The molecule has 0 radical (unpaired) electrons. The number of halogens is 10. The molecule has 8 aromatic rings. The van der Waals surface area contributed by atoms with E-state index in [1.807, 2.05) is 26.0 Å². The van der Waals surface area contributed by atoms with E-state index < -0.39 is 34.9 Å². The number of aryl methyl sites for hydroxylation is 15. The van der Waals surface area contributed by atoms with Crippen molar-refractivity contribution in [1.82, 2.24) is 0 Å². The van der Waals surface area contributed by atoms with Crippen LogP contribution in [0, 0.1) is 169 Å². The fourth-order valence-corrected chi connectivity index (χ4v) is 6.25. The molecule has 0 aliphatic carbocycles. The Morgan fingerprint density at radius 3 is 0.724 bits per heavy atom. The fraction of sp³-hybridized carbons (Fsp3) is 0.273. The Labute approximate surface area is 446 Å². The van der Waals surface area contributed by atoms with E-state index in [0.29, 0.717) is 44.5 Å². The van der Waals surface area contributed by atoms with Crippen LogP contribution in [0.5, 0.6) is 0 Å². The first-order chi connectivity index (χ1) is 35.4. The summed E-state index contributed by atoms with van der Waals surface area (Å²) in [5.74, 6) is -4.30. The van der Waals surface area contributed by atoms with E-state index in [9.17, 15) is 43.9 Å². The number of hydrogen-bond acceptors (Lipinski definition) is 0. The van der Waals surface area contributed by atoms with E-state index in [0.717, 1.165) is 17.5 Å². The molecule has 0 amide bonds. The highest BCUT2D eigenvalue weighted by Gasteiger charge is 2.07. The maximum atomic E-state index is 12.6. The summed E-state index contributed by atoms with van der Waals surface area (Å²) in [4.78, 5) is 0. The molecule has 0 saturated carbocycles. The van der Waals surface area contributed by atoms with E-state index in [-0.39, 0.29) is 34.4 Å². The summed E-state index contributed by atoms with van der Waals surface area (Å²) in [6.45, 7) is 30.3. The molecule has 8 rings (SSSR count). The second-order valence-corrected chi connectivity index (χ2v) is 18.8. The Kier molecular flexibility index (Phi) is 29.3. The van der Waals surface area contributed by atoms with Crippen molar-refractivity contribution in [2.45, 2.75) is 124 Å². The van der Waals surface area contributed by atoms with Crippen LogP contribution in [0.1, 0.15) is 102 Å². The van der Waals surface area contributed by atoms with Crippen molar-refractivity contribution in [2.75, 3.05) is 0 Å². The van der Waals surface area contributed by atoms with Crippen LogP contribution < -0.4 is 0 Å². The zero-order chi connectivity index (χ0) is 58.1. The number of benzene rings is 8. The number of hydrogen-bond donors (Lipinski definition) is 0. The molecule has 0 bridgehead atoms. The molecule has 10 heteroatoms. The van der Waals surface area contributed by atoms with Crippen molar-refractivity contribution in [3.05, 3.63) is 280 Å². The molecule has 0 fully saturated rings. The van der Waals surface area contributed by atoms with Crippen molar-refractivity contribution in [3.8, 4) is 0 Å². The minimum atomic E-state index is -0.736. The zero-order valence-corrected chi connectivity index (χ0v) is 47.1. The first-order valence-electron chi connectivity index (χ1n) is 24.6. The van der Waals surface area contributed by atoms with Crippen LogP contribution in [-0.2, 0) is 6.42 Å². The monoisotopic (exact) mass is 1060 g/mol. The summed E-state index contributed by atoms with van der Waals surface area (Å²) in [7, 11) is 0. The zero-order valence-electron chi connectivity index (χ0n) is 47.1. The van der Waals surface area contributed by atoms with Gasteiger partial charge in [-0.15, -0.1) is 0 Å². The average Bonchev–Trinajstić information content (AvgIpc) is 3.35. The summed E-state index contributed by atoms with van der Waals surface area (Å²) < 4.78 is 126. The summed E-state index contributed by atoms with van der Waals surface area (Å²) in [5, 5.41) is 0. The molecule has 0 spiro atoms. The summed E-state index contributed by atoms with van der Waals surface area (Å²) in [5.41, 5.74) is 13.1. The van der Waals surface area contributed by atoms with Gasteiger partial charge in [0.15, 0.2) is 11.6 Å². The molecule has 0 atom stereocenters. The molecule has 0 aromatic heterocycles. The third-order valence-corrected chi connectivity index (χ3v) is 11.5. The van der Waals surface area contributed by atoms with E-state index in [1.165, 1.54) is 118 Å². The summed E-state index contributed by atoms with van der Waals surface area (Å²) in [6.07, 6.45) is 1.15. The molecule has 0 N–H and O–H groups in total. The fourth-order valence-electron chi connectivity index (χ4n) is 6.25. The Balaban J connectivity index is 0.000000435. The highest BCUT2D eigenvalue weighted by molar-refractivity contribution is 5.31. The van der Waals surface area contributed by atoms with Crippen molar-refractivity contribution in [2.24, 2.45) is 0 Å². The minimum Gasteiger partial charge on any atom is -0.207 e. The number of rotatable bonds is 1. The lowest BCUT2D eigenvalue weighted by Gasteiger charge is -2.02. The van der Waals surface area contributed by atoms with Gasteiger partial charge in [0, 0.05) is 11.1 Å². The van der Waals surface area contributed by atoms with E-state index in [2.05, 4.69) is 77.1 Å². The predicted octanol–water partition coefficient (Wildman–Crippen LogP) is 20.4. The highest BCUT2D eigenvalue weighted by atomic mass is 19.2. The van der Waals surface area contributed by atoms with E-state index in [4.69, 9.17) is 0 Å². The summed E-state index contributed by atoms with van der Waals surface area (Å²) in [6, 6.07) is 36.3. The third-order valence-electron chi connectivity index (χ3n) is 11.5. The van der Waals surface area contributed by atoms with Crippen molar-refractivity contribution < 1.29 is 43.9 Å². The van der Waals surface area contributed by atoms with E-state index in [1.54, 1.807) is 52.0 Å². The Morgan fingerprint density at radius 2 is 0.461 bits per heavy atom. The van der Waals surface area contributed by atoms with Gasteiger partial charge in [0.25, 0.3) is 0 Å². The molecular weight excluding hydrogens is 983 g/mol. The molecule has 0 aliphatic heterocycles. The van der Waals surface area contributed by atoms with Crippen molar-refractivity contribution >= 4 is 0 Å². The van der Waals surface area contributed by atoms with Crippen molar-refractivity contribution in [3.63, 3.8) is 0 Å². The lowest BCUT2D eigenvalue weighted by atomic mass is 10.0. The molecule has 0 unspecified atom stereocenters. The van der Waals surface area contributed by atoms with Gasteiger partial charge in [0.2, 0.25) is 0 Å². The van der Waals surface area contributed by atoms with Gasteiger partial charge >= 0.3 is 0 Å². The summed E-state index contributed by atoms with van der Waals surface area (Å²) >= 11 is 0. The van der Waals surface area contributed by atoms with Crippen LogP contribution in [0.3, 0.4) is 0 Å². The second-order valence-electron chi connectivity index (χ2n) is 18.8. The molecule has 408 valence electrons. The van der Waals surface area contributed by atoms with Crippen LogP contribution in [0.4, 0.5) is 43.9 Å². The van der Waals surface area contributed by atoms with Crippen LogP contribution >= 0.6 is 0 Å². The smallest absolute Gasteiger partial charge is 0.161 e.